The quantitative estimate of drug-likeness (QED) is 0.785. The van der Waals surface area contributed by atoms with Gasteiger partial charge in [0.05, 0.1) is 9.90 Å². The number of rotatable bonds is 4. The Hall–Kier alpha value is -0.220. The van der Waals surface area contributed by atoms with E-state index in [9.17, 15) is 0 Å². The van der Waals surface area contributed by atoms with Crippen LogP contribution in [0.5, 0.6) is 0 Å². The number of nitrogen functional groups attached to an aromatic ring is 1. The molecule has 1 heterocycles. The van der Waals surface area contributed by atoms with Crippen molar-refractivity contribution in [2.75, 3.05) is 5.73 Å². The Morgan fingerprint density at radius 2 is 2.08 bits per heavy atom. The van der Waals surface area contributed by atoms with E-state index in [0.29, 0.717) is 10.4 Å². The van der Waals surface area contributed by atoms with Crippen molar-refractivity contribution in [3.8, 4) is 0 Å². The number of hydrogen-bond acceptors (Lipinski definition) is 4. The van der Waals surface area contributed by atoms with Crippen LogP contribution in [-0.4, -0.2) is 10.2 Å². The summed E-state index contributed by atoms with van der Waals surface area (Å²) in [7, 11) is 0. The molecule has 1 aromatic rings. The van der Waals surface area contributed by atoms with Gasteiger partial charge in [-0.15, -0.1) is 11.8 Å². The molecule has 1 aromatic heterocycles. The van der Waals surface area contributed by atoms with Crippen LogP contribution in [0.2, 0.25) is 0 Å². The van der Waals surface area contributed by atoms with Crippen molar-refractivity contribution in [2.45, 2.75) is 43.1 Å². The molecule has 0 aromatic carbocycles. The molecule has 74 valence electrons. The van der Waals surface area contributed by atoms with Gasteiger partial charge in [0.25, 0.3) is 0 Å². The molecule has 0 bridgehead atoms. The standard InChI is InChI=1S/C9H16N2S2/c1-4-7(5-2)12-8-6(3)11-9(10)13-8/h7H,4-5H2,1-3H3,(H2,10,11). The lowest BCUT2D eigenvalue weighted by molar-refractivity contribution is 0.792. The number of nitrogens with two attached hydrogens (primary N) is 1. The van der Waals surface area contributed by atoms with Crippen LogP contribution in [-0.2, 0) is 0 Å². The zero-order chi connectivity index (χ0) is 9.84. The molecule has 2 nitrogen and oxygen atoms in total. The second-order valence-corrected chi connectivity index (χ2v) is 5.58. The van der Waals surface area contributed by atoms with Crippen molar-refractivity contribution in [1.29, 1.82) is 0 Å². The first kappa shape index (κ1) is 10.9. The van der Waals surface area contributed by atoms with Gasteiger partial charge in [-0.2, -0.15) is 0 Å². The molecule has 0 fully saturated rings. The smallest absolute Gasteiger partial charge is 0.181 e. The van der Waals surface area contributed by atoms with Gasteiger partial charge >= 0.3 is 0 Å². The fraction of sp³-hybridized carbons (Fsp3) is 0.667. The fourth-order valence-corrected chi connectivity index (χ4v) is 3.39. The van der Waals surface area contributed by atoms with Gasteiger partial charge in [-0.1, -0.05) is 25.2 Å². The highest BCUT2D eigenvalue weighted by molar-refractivity contribution is 8.01. The van der Waals surface area contributed by atoms with E-state index in [2.05, 4.69) is 18.8 Å². The molecule has 1 rings (SSSR count). The molecule has 0 radical (unpaired) electrons. The third-order valence-corrected chi connectivity index (χ3v) is 4.78. The van der Waals surface area contributed by atoms with Crippen molar-refractivity contribution in [1.82, 2.24) is 4.98 Å². The van der Waals surface area contributed by atoms with Crippen LogP contribution in [0.25, 0.3) is 0 Å². The summed E-state index contributed by atoms with van der Waals surface area (Å²) in [6.45, 7) is 6.47. The minimum Gasteiger partial charge on any atom is -0.375 e. The Balaban J connectivity index is 2.67. The summed E-state index contributed by atoms with van der Waals surface area (Å²) in [5.74, 6) is 0. The SMILES string of the molecule is CCC(CC)Sc1sc(N)nc1C. The summed E-state index contributed by atoms with van der Waals surface area (Å²) in [6.07, 6.45) is 2.41. The van der Waals surface area contributed by atoms with E-state index in [1.54, 1.807) is 11.3 Å². The normalized spacial score (nSPS) is 11.1. The van der Waals surface area contributed by atoms with Gasteiger partial charge in [0.1, 0.15) is 0 Å². The van der Waals surface area contributed by atoms with Gasteiger partial charge in [-0.05, 0) is 19.8 Å². The van der Waals surface area contributed by atoms with Crippen LogP contribution in [0.1, 0.15) is 32.4 Å². The zero-order valence-electron chi connectivity index (χ0n) is 8.33. The predicted octanol–water partition coefficient (Wildman–Crippen LogP) is 3.31. The molecule has 0 aliphatic heterocycles. The maximum atomic E-state index is 5.63. The molecule has 0 saturated heterocycles. The molecule has 2 N–H and O–H groups in total. The van der Waals surface area contributed by atoms with Crippen LogP contribution in [0.4, 0.5) is 5.13 Å². The number of aromatic nitrogens is 1. The van der Waals surface area contributed by atoms with Gasteiger partial charge < -0.3 is 5.73 Å². The summed E-state index contributed by atoms with van der Waals surface area (Å²) in [5.41, 5.74) is 6.71. The highest BCUT2D eigenvalue weighted by atomic mass is 32.2. The van der Waals surface area contributed by atoms with Gasteiger partial charge in [0.15, 0.2) is 5.13 Å². The second-order valence-electron chi connectivity index (χ2n) is 2.98. The van der Waals surface area contributed by atoms with E-state index in [4.69, 9.17) is 5.73 Å². The molecular weight excluding hydrogens is 200 g/mol. The number of aryl methyl sites for hydroxylation is 1. The van der Waals surface area contributed by atoms with Crippen molar-refractivity contribution in [3.05, 3.63) is 5.69 Å². The monoisotopic (exact) mass is 216 g/mol. The zero-order valence-corrected chi connectivity index (χ0v) is 9.97. The lowest BCUT2D eigenvalue weighted by atomic mass is 10.3. The van der Waals surface area contributed by atoms with Crippen LogP contribution < -0.4 is 5.73 Å². The molecule has 0 atom stereocenters. The second kappa shape index (κ2) is 4.86. The topological polar surface area (TPSA) is 38.9 Å². The van der Waals surface area contributed by atoms with Crippen molar-refractivity contribution >= 4 is 28.2 Å². The Morgan fingerprint density at radius 1 is 1.46 bits per heavy atom. The van der Waals surface area contributed by atoms with Gasteiger partial charge in [-0.25, -0.2) is 4.98 Å². The molecule has 0 aliphatic carbocycles. The number of nitrogens with zero attached hydrogens (tertiary/aromatic N) is 1. The number of hydrogen-bond donors (Lipinski definition) is 1. The van der Waals surface area contributed by atoms with Crippen LogP contribution in [0, 0.1) is 6.92 Å². The van der Waals surface area contributed by atoms with E-state index >= 15 is 0 Å². The number of thioether (sulfide) groups is 1. The summed E-state index contributed by atoms with van der Waals surface area (Å²) in [5, 5.41) is 1.39. The molecule has 4 heteroatoms. The number of thiazole rings is 1. The first-order chi connectivity index (χ1) is 6.17. The lowest BCUT2D eigenvalue weighted by Gasteiger charge is -2.09. The molecule has 0 aliphatic rings. The van der Waals surface area contributed by atoms with E-state index in [0.717, 1.165) is 5.69 Å². The average molecular weight is 216 g/mol. The predicted molar refractivity (Wildman–Crippen MR) is 61.5 cm³/mol. The maximum absolute atomic E-state index is 5.63. The molecular formula is C9H16N2S2. The molecule has 0 unspecified atom stereocenters. The highest BCUT2D eigenvalue weighted by Crippen LogP contribution is 2.35. The van der Waals surface area contributed by atoms with Crippen LogP contribution in [0.15, 0.2) is 4.21 Å². The summed E-state index contributed by atoms with van der Waals surface area (Å²) >= 11 is 3.52. The molecule has 0 amide bonds. The largest absolute Gasteiger partial charge is 0.375 e. The Kier molecular flexibility index (Phi) is 4.06. The minimum absolute atomic E-state index is 0.686. The van der Waals surface area contributed by atoms with Gasteiger partial charge in [0.2, 0.25) is 0 Å². The van der Waals surface area contributed by atoms with E-state index in [1.165, 1.54) is 17.1 Å². The molecule has 13 heavy (non-hydrogen) atoms. The first-order valence-corrected chi connectivity index (χ1v) is 6.26. The highest BCUT2D eigenvalue weighted by Gasteiger charge is 2.11. The number of anilines is 1. The van der Waals surface area contributed by atoms with E-state index in [-0.39, 0.29) is 0 Å². The summed E-state index contributed by atoms with van der Waals surface area (Å²) < 4.78 is 1.28. The third-order valence-electron chi connectivity index (χ3n) is 1.95. The Bertz CT molecular complexity index is 267. The molecule has 0 spiro atoms. The fourth-order valence-electron chi connectivity index (χ4n) is 1.12. The lowest BCUT2D eigenvalue weighted by Crippen LogP contribution is -1.96. The third kappa shape index (κ3) is 2.88. The van der Waals surface area contributed by atoms with Crippen molar-refractivity contribution in [2.24, 2.45) is 0 Å². The van der Waals surface area contributed by atoms with Crippen molar-refractivity contribution < 1.29 is 0 Å². The van der Waals surface area contributed by atoms with Gasteiger partial charge in [0, 0.05) is 5.25 Å². The Labute approximate surface area is 87.9 Å². The van der Waals surface area contributed by atoms with Gasteiger partial charge in [-0.3, -0.25) is 0 Å². The Morgan fingerprint density at radius 3 is 2.46 bits per heavy atom. The van der Waals surface area contributed by atoms with Crippen LogP contribution in [0.3, 0.4) is 0 Å². The van der Waals surface area contributed by atoms with E-state index in [1.807, 2.05) is 18.7 Å². The minimum atomic E-state index is 0.686. The average Bonchev–Trinajstić information content (AvgIpc) is 2.41. The van der Waals surface area contributed by atoms with Crippen molar-refractivity contribution in [3.63, 3.8) is 0 Å². The maximum Gasteiger partial charge on any atom is 0.181 e. The molecule has 0 saturated carbocycles. The first-order valence-electron chi connectivity index (χ1n) is 4.56. The van der Waals surface area contributed by atoms with E-state index < -0.39 is 0 Å². The van der Waals surface area contributed by atoms with Crippen LogP contribution >= 0.6 is 23.1 Å². The summed E-state index contributed by atoms with van der Waals surface area (Å²) in [4.78, 5) is 4.21. The summed E-state index contributed by atoms with van der Waals surface area (Å²) in [6, 6.07) is 0.